The van der Waals surface area contributed by atoms with Crippen molar-refractivity contribution < 1.29 is 4.79 Å². The van der Waals surface area contributed by atoms with Gasteiger partial charge in [0, 0.05) is 35.6 Å². The molecule has 2 rings (SSSR count). The normalized spacial score (nSPS) is 11.9. The van der Waals surface area contributed by atoms with Crippen molar-refractivity contribution in [1.82, 2.24) is 10.3 Å². The molecule has 2 heterocycles. The predicted octanol–water partition coefficient (Wildman–Crippen LogP) is 2.94. The number of nitrogens with zero attached hydrogens (tertiary/aromatic N) is 1. The Labute approximate surface area is 123 Å². The second kappa shape index (κ2) is 7.05. The molecule has 0 radical (unpaired) electrons. The maximum Gasteiger partial charge on any atom is 0.251 e. The van der Waals surface area contributed by atoms with Crippen LogP contribution in [0.2, 0.25) is 0 Å². The maximum atomic E-state index is 12.2. The number of amides is 1. The standard InChI is InChI=1S/C15H19N3OS/c1-3-16-14-10-12(6-7-17-14)15(19)18-11(2)9-13-5-4-8-20-13/h4-8,10-11H,3,9H2,1-2H3,(H,16,17)(H,18,19). The number of aromatic nitrogens is 1. The van der Waals surface area contributed by atoms with E-state index in [4.69, 9.17) is 0 Å². The van der Waals surface area contributed by atoms with Crippen LogP contribution in [0.5, 0.6) is 0 Å². The van der Waals surface area contributed by atoms with Crippen LogP contribution in [0.1, 0.15) is 29.1 Å². The van der Waals surface area contributed by atoms with Gasteiger partial charge in [-0.1, -0.05) is 6.07 Å². The van der Waals surface area contributed by atoms with Crippen LogP contribution in [-0.2, 0) is 6.42 Å². The first kappa shape index (κ1) is 14.5. The van der Waals surface area contributed by atoms with Crippen LogP contribution in [0, 0.1) is 0 Å². The van der Waals surface area contributed by atoms with Crippen molar-refractivity contribution in [1.29, 1.82) is 0 Å². The number of hydrogen-bond donors (Lipinski definition) is 2. The molecule has 4 nitrogen and oxygen atoms in total. The summed E-state index contributed by atoms with van der Waals surface area (Å²) >= 11 is 1.71. The Morgan fingerprint density at radius 2 is 2.30 bits per heavy atom. The molecule has 1 unspecified atom stereocenters. The average molecular weight is 289 g/mol. The van der Waals surface area contributed by atoms with Gasteiger partial charge in [-0.25, -0.2) is 4.98 Å². The molecule has 2 aromatic heterocycles. The Bertz CT molecular complexity index is 554. The molecule has 0 aliphatic heterocycles. The van der Waals surface area contributed by atoms with Gasteiger partial charge in [-0.15, -0.1) is 11.3 Å². The smallest absolute Gasteiger partial charge is 0.251 e. The minimum atomic E-state index is -0.0596. The summed E-state index contributed by atoms with van der Waals surface area (Å²) < 4.78 is 0. The van der Waals surface area contributed by atoms with Crippen LogP contribution in [0.25, 0.3) is 0 Å². The monoisotopic (exact) mass is 289 g/mol. The topological polar surface area (TPSA) is 54.0 Å². The minimum absolute atomic E-state index is 0.0596. The van der Waals surface area contributed by atoms with E-state index < -0.39 is 0 Å². The molecule has 2 N–H and O–H groups in total. The third-order valence-corrected chi connectivity index (χ3v) is 3.74. The molecule has 5 heteroatoms. The number of thiophene rings is 1. The van der Waals surface area contributed by atoms with Crippen LogP contribution in [0.15, 0.2) is 35.8 Å². The molecule has 0 aromatic carbocycles. The molecule has 0 spiro atoms. The first-order valence-electron chi connectivity index (χ1n) is 6.72. The van der Waals surface area contributed by atoms with Crippen LogP contribution < -0.4 is 10.6 Å². The number of hydrogen-bond acceptors (Lipinski definition) is 4. The molecule has 0 saturated carbocycles. The van der Waals surface area contributed by atoms with E-state index in [1.165, 1.54) is 4.88 Å². The Balaban J connectivity index is 1.95. The Morgan fingerprint density at radius 3 is 3.00 bits per heavy atom. The number of carbonyl (C=O) groups is 1. The zero-order chi connectivity index (χ0) is 14.4. The minimum Gasteiger partial charge on any atom is -0.370 e. The summed E-state index contributed by atoms with van der Waals surface area (Å²) in [6, 6.07) is 7.73. The van der Waals surface area contributed by atoms with Crippen molar-refractivity contribution in [3.63, 3.8) is 0 Å². The molecule has 106 valence electrons. The Hall–Kier alpha value is -1.88. The van der Waals surface area contributed by atoms with E-state index >= 15 is 0 Å². The molecule has 0 saturated heterocycles. The molecular weight excluding hydrogens is 270 g/mol. The largest absolute Gasteiger partial charge is 0.370 e. The lowest BCUT2D eigenvalue weighted by Crippen LogP contribution is -2.33. The van der Waals surface area contributed by atoms with E-state index in [1.54, 1.807) is 29.7 Å². The van der Waals surface area contributed by atoms with Crippen LogP contribution in [0.4, 0.5) is 5.82 Å². The van der Waals surface area contributed by atoms with Crippen molar-refractivity contribution >= 4 is 23.1 Å². The lowest BCUT2D eigenvalue weighted by atomic mass is 10.2. The summed E-state index contributed by atoms with van der Waals surface area (Å²) in [6.45, 7) is 4.80. The zero-order valence-electron chi connectivity index (χ0n) is 11.7. The van der Waals surface area contributed by atoms with Crippen molar-refractivity contribution in [3.05, 3.63) is 46.3 Å². The summed E-state index contributed by atoms with van der Waals surface area (Å²) in [6.07, 6.45) is 2.51. The van der Waals surface area contributed by atoms with Gasteiger partial charge in [0.05, 0.1) is 0 Å². The second-order valence-electron chi connectivity index (χ2n) is 4.62. The summed E-state index contributed by atoms with van der Waals surface area (Å²) in [7, 11) is 0. The fourth-order valence-electron chi connectivity index (χ4n) is 1.94. The third kappa shape index (κ3) is 4.06. The van der Waals surface area contributed by atoms with Gasteiger partial charge in [-0.2, -0.15) is 0 Å². The molecule has 20 heavy (non-hydrogen) atoms. The summed E-state index contributed by atoms with van der Waals surface area (Å²) in [4.78, 5) is 17.6. The Kier molecular flexibility index (Phi) is 5.12. The highest BCUT2D eigenvalue weighted by molar-refractivity contribution is 7.09. The van der Waals surface area contributed by atoms with Crippen LogP contribution in [-0.4, -0.2) is 23.5 Å². The van der Waals surface area contributed by atoms with E-state index in [9.17, 15) is 4.79 Å². The first-order chi connectivity index (χ1) is 9.69. The van der Waals surface area contributed by atoms with E-state index in [-0.39, 0.29) is 11.9 Å². The van der Waals surface area contributed by atoms with Gasteiger partial charge >= 0.3 is 0 Å². The SMILES string of the molecule is CCNc1cc(C(=O)NC(C)Cc2cccs2)ccn1. The molecule has 0 aliphatic rings. The van der Waals surface area contributed by atoms with E-state index in [1.807, 2.05) is 19.9 Å². The van der Waals surface area contributed by atoms with E-state index in [0.29, 0.717) is 5.56 Å². The van der Waals surface area contributed by atoms with Crippen molar-refractivity contribution in [2.45, 2.75) is 26.3 Å². The average Bonchev–Trinajstić information content (AvgIpc) is 2.92. The van der Waals surface area contributed by atoms with Gasteiger partial charge in [-0.3, -0.25) is 4.79 Å². The highest BCUT2D eigenvalue weighted by Gasteiger charge is 2.11. The molecule has 0 bridgehead atoms. The molecular formula is C15H19N3OS. The zero-order valence-corrected chi connectivity index (χ0v) is 12.5. The van der Waals surface area contributed by atoms with Crippen LogP contribution in [0.3, 0.4) is 0 Å². The lowest BCUT2D eigenvalue weighted by molar-refractivity contribution is 0.0940. The van der Waals surface area contributed by atoms with Crippen molar-refractivity contribution in [3.8, 4) is 0 Å². The first-order valence-corrected chi connectivity index (χ1v) is 7.60. The molecule has 0 aliphatic carbocycles. The van der Waals surface area contributed by atoms with E-state index in [2.05, 4.69) is 27.1 Å². The molecule has 1 atom stereocenters. The van der Waals surface area contributed by atoms with Gasteiger partial charge < -0.3 is 10.6 Å². The van der Waals surface area contributed by atoms with Gasteiger partial charge in [0.25, 0.3) is 5.91 Å². The summed E-state index contributed by atoms with van der Waals surface area (Å²) in [5, 5.41) is 8.17. The summed E-state index contributed by atoms with van der Waals surface area (Å²) in [5.74, 6) is 0.668. The number of rotatable bonds is 6. The number of anilines is 1. The van der Waals surface area contributed by atoms with Gasteiger partial charge in [0.2, 0.25) is 0 Å². The molecule has 2 aromatic rings. The second-order valence-corrected chi connectivity index (χ2v) is 5.65. The molecule has 0 fully saturated rings. The number of pyridine rings is 1. The van der Waals surface area contributed by atoms with Gasteiger partial charge in [0.1, 0.15) is 5.82 Å². The fourth-order valence-corrected chi connectivity index (χ4v) is 2.77. The van der Waals surface area contributed by atoms with Crippen molar-refractivity contribution in [2.75, 3.05) is 11.9 Å². The van der Waals surface area contributed by atoms with Crippen LogP contribution >= 0.6 is 11.3 Å². The highest BCUT2D eigenvalue weighted by Crippen LogP contribution is 2.12. The predicted molar refractivity (Wildman–Crippen MR) is 83.4 cm³/mol. The summed E-state index contributed by atoms with van der Waals surface area (Å²) in [5.41, 5.74) is 0.633. The number of nitrogens with one attached hydrogen (secondary N) is 2. The Morgan fingerprint density at radius 1 is 1.45 bits per heavy atom. The highest BCUT2D eigenvalue weighted by atomic mass is 32.1. The van der Waals surface area contributed by atoms with Crippen molar-refractivity contribution in [2.24, 2.45) is 0 Å². The van der Waals surface area contributed by atoms with Gasteiger partial charge in [0.15, 0.2) is 0 Å². The third-order valence-electron chi connectivity index (χ3n) is 2.84. The maximum absolute atomic E-state index is 12.2. The molecule has 1 amide bonds. The fraction of sp³-hybridized carbons (Fsp3) is 0.333. The number of carbonyl (C=O) groups excluding carboxylic acids is 1. The quantitative estimate of drug-likeness (QED) is 0.859. The van der Waals surface area contributed by atoms with E-state index in [0.717, 1.165) is 18.8 Å². The van der Waals surface area contributed by atoms with Gasteiger partial charge in [-0.05, 0) is 37.4 Å². The lowest BCUT2D eigenvalue weighted by Gasteiger charge is -2.13.